The molecular weight excluding hydrogens is 350 g/mol. The molecule has 0 saturated carbocycles. The van der Waals surface area contributed by atoms with Gasteiger partial charge in [0.2, 0.25) is 10.0 Å². The van der Waals surface area contributed by atoms with Crippen LogP contribution >= 0.6 is 11.3 Å². The molecule has 0 bridgehead atoms. The number of aromatic nitrogens is 1. The van der Waals surface area contributed by atoms with Crippen LogP contribution in [-0.2, 0) is 14.8 Å². The number of morpholine rings is 1. The lowest BCUT2D eigenvalue weighted by atomic mass is 10.2. The lowest BCUT2D eigenvalue weighted by molar-refractivity contribution is 0.000439. The maximum absolute atomic E-state index is 12.3. The van der Waals surface area contributed by atoms with Gasteiger partial charge in [-0.05, 0) is 25.1 Å². The molecule has 0 unspecified atom stereocenters. The molecule has 1 saturated heterocycles. The highest BCUT2D eigenvalue weighted by Crippen LogP contribution is 2.22. The molecule has 1 atom stereocenters. The van der Waals surface area contributed by atoms with Crippen LogP contribution in [0.15, 0.2) is 18.2 Å². The molecule has 2 heterocycles. The van der Waals surface area contributed by atoms with E-state index in [1.807, 2.05) is 19.1 Å². The predicted octanol–water partition coefficient (Wildman–Crippen LogP) is 0.995. The van der Waals surface area contributed by atoms with Crippen LogP contribution < -0.4 is 5.32 Å². The molecule has 1 fully saturated rings. The summed E-state index contributed by atoms with van der Waals surface area (Å²) in [5.41, 5.74) is 1.44. The highest BCUT2D eigenvalue weighted by molar-refractivity contribution is 7.88. The van der Waals surface area contributed by atoms with Gasteiger partial charge in [-0.2, -0.15) is 4.31 Å². The first-order valence-electron chi connectivity index (χ1n) is 7.55. The minimum atomic E-state index is -3.24. The molecule has 2 aromatic rings. The Morgan fingerprint density at radius 1 is 1.50 bits per heavy atom. The second kappa shape index (κ2) is 6.75. The van der Waals surface area contributed by atoms with E-state index >= 15 is 0 Å². The molecule has 1 aromatic heterocycles. The molecule has 9 heteroatoms. The van der Waals surface area contributed by atoms with Crippen molar-refractivity contribution in [2.24, 2.45) is 0 Å². The molecule has 130 valence electrons. The molecule has 1 N–H and O–H groups in total. The number of nitrogens with zero attached hydrogens (tertiary/aromatic N) is 2. The summed E-state index contributed by atoms with van der Waals surface area (Å²) in [6, 6.07) is 5.39. The molecule has 1 aliphatic heterocycles. The summed E-state index contributed by atoms with van der Waals surface area (Å²) >= 11 is 1.54. The third-order valence-corrected chi connectivity index (χ3v) is 6.02. The number of benzene rings is 1. The van der Waals surface area contributed by atoms with Gasteiger partial charge >= 0.3 is 0 Å². The molecule has 7 nitrogen and oxygen atoms in total. The van der Waals surface area contributed by atoms with Crippen molar-refractivity contribution >= 4 is 37.5 Å². The second-order valence-electron chi connectivity index (χ2n) is 5.74. The highest BCUT2D eigenvalue weighted by atomic mass is 32.2. The molecule has 1 aromatic carbocycles. The zero-order chi connectivity index (χ0) is 17.3. The van der Waals surface area contributed by atoms with Crippen LogP contribution in [-0.4, -0.2) is 62.2 Å². The van der Waals surface area contributed by atoms with Crippen molar-refractivity contribution in [3.63, 3.8) is 0 Å². The SMILES string of the molecule is Cc1nc2ccc(C(=O)NC[C@@H]3CN(S(C)(=O)=O)CCO3)cc2s1. The number of carbonyl (C=O) groups excluding carboxylic acids is 1. The van der Waals surface area contributed by atoms with Crippen LogP contribution in [0.5, 0.6) is 0 Å². The number of aryl methyl sites for hydroxylation is 1. The van der Waals surface area contributed by atoms with E-state index in [-0.39, 0.29) is 25.1 Å². The molecule has 24 heavy (non-hydrogen) atoms. The summed E-state index contributed by atoms with van der Waals surface area (Å²) in [7, 11) is -3.24. The van der Waals surface area contributed by atoms with Crippen molar-refractivity contribution in [1.82, 2.24) is 14.6 Å². The van der Waals surface area contributed by atoms with Gasteiger partial charge in [-0.1, -0.05) is 0 Å². The normalized spacial score (nSPS) is 19.5. The van der Waals surface area contributed by atoms with Crippen LogP contribution in [0, 0.1) is 6.92 Å². The third kappa shape index (κ3) is 3.92. The highest BCUT2D eigenvalue weighted by Gasteiger charge is 2.26. The van der Waals surface area contributed by atoms with Crippen LogP contribution in [0.25, 0.3) is 10.2 Å². The van der Waals surface area contributed by atoms with Crippen molar-refractivity contribution in [3.8, 4) is 0 Å². The number of hydrogen-bond donors (Lipinski definition) is 1. The van der Waals surface area contributed by atoms with Gasteiger partial charge in [-0.3, -0.25) is 4.79 Å². The molecule has 0 aliphatic carbocycles. The van der Waals surface area contributed by atoms with E-state index < -0.39 is 10.0 Å². The maximum atomic E-state index is 12.3. The Labute approximate surface area is 144 Å². The van der Waals surface area contributed by atoms with Crippen molar-refractivity contribution < 1.29 is 17.9 Å². The molecule has 1 amide bonds. The van der Waals surface area contributed by atoms with Gasteiger partial charge in [0.05, 0.1) is 34.2 Å². The maximum Gasteiger partial charge on any atom is 0.251 e. The molecule has 1 aliphatic rings. The summed E-state index contributed by atoms with van der Waals surface area (Å²) in [5, 5.41) is 3.77. The number of thiazole rings is 1. The van der Waals surface area contributed by atoms with Crippen LogP contribution in [0.4, 0.5) is 0 Å². The Bertz CT molecular complexity index is 863. The van der Waals surface area contributed by atoms with Crippen LogP contribution in [0.2, 0.25) is 0 Å². The second-order valence-corrected chi connectivity index (χ2v) is 8.96. The predicted molar refractivity (Wildman–Crippen MR) is 92.8 cm³/mol. The summed E-state index contributed by atoms with van der Waals surface area (Å²) in [6.45, 7) is 3.14. The number of amides is 1. The van der Waals surface area contributed by atoms with E-state index in [1.54, 1.807) is 17.4 Å². The van der Waals surface area contributed by atoms with E-state index in [0.717, 1.165) is 15.2 Å². The van der Waals surface area contributed by atoms with Gasteiger partial charge in [-0.25, -0.2) is 13.4 Å². The zero-order valence-corrected chi connectivity index (χ0v) is 15.1. The van der Waals surface area contributed by atoms with Gasteiger partial charge in [-0.15, -0.1) is 11.3 Å². The monoisotopic (exact) mass is 369 g/mol. The van der Waals surface area contributed by atoms with Crippen molar-refractivity contribution in [3.05, 3.63) is 28.8 Å². The summed E-state index contributed by atoms with van der Waals surface area (Å²) < 4.78 is 31.1. The Kier molecular flexibility index (Phi) is 4.86. The fourth-order valence-electron chi connectivity index (χ4n) is 2.61. The van der Waals surface area contributed by atoms with E-state index in [0.29, 0.717) is 18.7 Å². The number of hydrogen-bond acceptors (Lipinski definition) is 6. The first-order chi connectivity index (χ1) is 11.3. The third-order valence-electron chi connectivity index (χ3n) is 3.82. The summed E-state index contributed by atoms with van der Waals surface area (Å²) in [5.74, 6) is -0.206. The average molecular weight is 369 g/mol. The number of sulfonamides is 1. The zero-order valence-electron chi connectivity index (χ0n) is 13.5. The Morgan fingerprint density at radius 2 is 2.29 bits per heavy atom. The van der Waals surface area contributed by atoms with Crippen LogP contribution in [0.1, 0.15) is 15.4 Å². The lowest BCUT2D eigenvalue weighted by Crippen LogP contribution is -2.49. The average Bonchev–Trinajstić information content (AvgIpc) is 2.91. The largest absolute Gasteiger partial charge is 0.374 e. The lowest BCUT2D eigenvalue weighted by Gasteiger charge is -2.31. The molecular formula is C15H19N3O4S2. The summed E-state index contributed by atoms with van der Waals surface area (Å²) in [4.78, 5) is 16.7. The minimum absolute atomic E-state index is 0.206. The Morgan fingerprint density at radius 3 is 3.04 bits per heavy atom. The number of ether oxygens (including phenoxy) is 1. The van der Waals surface area contributed by atoms with E-state index in [2.05, 4.69) is 10.3 Å². The smallest absolute Gasteiger partial charge is 0.251 e. The fraction of sp³-hybridized carbons (Fsp3) is 0.467. The molecule has 3 rings (SSSR count). The van der Waals surface area contributed by atoms with E-state index in [1.165, 1.54) is 10.6 Å². The van der Waals surface area contributed by atoms with Gasteiger partial charge in [0.15, 0.2) is 0 Å². The quantitative estimate of drug-likeness (QED) is 0.868. The Balaban J connectivity index is 1.62. The van der Waals surface area contributed by atoms with E-state index in [4.69, 9.17) is 4.74 Å². The Hall–Kier alpha value is -1.55. The fourth-order valence-corrected chi connectivity index (χ4v) is 4.32. The topological polar surface area (TPSA) is 88.6 Å². The van der Waals surface area contributed by atoms with Crippen molar-refractivity contribution in [2.45, 2.75) is 13.0 Å². The minimum Gasteiger partial charge on any atom is -0.374 e. The number of carbonyl (C=O) groups is 1. The van der Waals surface area contributed by atoms with Gasteiger partial charge < -0.3 is 10.1 Å². The summed E-state index contributed by atoms with van der Waals surface area (Å²) in [6.07, 6.45) is 0.840. The number of nitrogens with one attached hydrogen (secondary N) is 1. The number of rotatable bonds is 4. The van der Waals surface area contributed by atoms with Crippen molar-refractivity contribution in [1.29, 1.82) is 0 Å². The van der Waals surface area contributed by atoms with Gasteiger partial charge in [0, 0.05) is 25.2 Å². The van der Waals surface area contributed by atoms with Gasteiger partial charge in [0.25, 0.3) is 5.91 Å². The van der Waals surface area contributed by atoms with E-state index in [9.17, 15) is 13.2 Å². The molecule has 0 spiro atoms. The number of fused-ring (bicyclic) bond motifs is 1. The van der Waals surface area contributed by atoms with Crippen molar-refractivity contribution in [2.75, 3.05) is 32.5 Å². The first kappa shape index (κ1) is 17.3. The standard InChI is InChI=1S/C15H19N3O4S2/c1-10-17-13-4-3-11(7-14(13)23-10)15(19)16-8-12-9-18(5-6-22-12)24(2,20)21/h3-4,7,12H,5-6,8-9H2,1-2H3,(H,16,19)/t12-/m1/s1. The van der Waals surface area contributed by atoms with Gasteiger partial charge in [0.1, 0.15) is 0 Å². The van der Waals surface area contributed by atoms with Crippen LogP contribution in [0.3, 0.4) is 0 Å². The molecule has 0 radical (unpaired) electrons. The first-order valence-corrected chi connectivity index (χ1v) is 10.2.